The molecule has 4 rings (SSSR count). The minimum absolute atomic E-state index is 0.138. The van der Waals surface area contributed by atoms with Crippen LogP contribution in [0.2, 0.25) is 0 Å². The first-order valence-corrected chi connectivity index (χ1v) is 12.1. The number of hydrogen-bond acceptors (Lipinski definition) is 4. The van der Waals surface area contributed by atoms with E-state index in [1.165, 1.54) is 11.0 Å². The summed E-state index contributed by atoms with van der Waals surface area (Å²) in [4.78, 5) is 28.0. The Morgan fingerprint density at radius 2 is 1.71 bits per heavy atom. The molecular weight excluding hydrogens is 461 g/mol. The van der Waals surface area contributed by atoms with Crippen LogP contribution in [0.5, 0.6) is 0 Å². The molecule has 0 saturated carbocycles. The van der Waals surface area contributed by atoms with Gasteiger partial charge in [-0.3, -0.25) is 14.5 Å². The maximum atomic E-state index is 14.3. The molecule has 176 valence electrons. The van der Waals surface area contributed by atoms with Crippen molar-refractivity contribution in [3.05, 3.63) is 106 Å². The Bertz CT molecular complexity index is 1310. The van der Waals surface area contributed by atoms with Crippen LogP contribution in [0, 0.1) is 17.1 Å². The van der Waals surface area contributed by atoms with E-state index in [1.54, 1.807) is 42.5 Å². The molecule has 1 atom stereocenters. The fraction of sp³-hybridized carbons (Fsp3) is 0.179. The molecule has 5 nitrogen and oxygen atoms in total. The first kappa shape index (κ1) is 24.2. The highest BCUT2D eigenvalue weighted by atomic mass is 32.2. The molecule has 1 heterocycles. The number of carbonyl (C=O) groups excluding carboxylic acids is 2. The van der Waals surface area contributed by atoms with Crippen molar-refractivity contribution in [1.29, 1.82) is 5.26 Å². The number of carbonyl (C=O) groups is 2. The van der Waals surface area contributed by atoms with Gasteiger partial charge in [0.2, 0.25) is 5.91 Å². The number of para-hydroxylation sites is 1. The SMILES string of the molecule is CC(C)c1ccc(N2C(=O)C(Cc3ccccc3F)S/C2=C(/C#N)C(=O)Nc2ccccc2)cc1. The van der Waals surface area contributed by atoms with Gasteiger partial charge in [-0.1, -0.05) is 74.1 Å². The summed E-state index contributed by atoms with van der Waals surface area (Å²) in [5.41, 5.74) is 2.43. The molecule has 35 heavy (non-hydrogen) atoms. The highest BCUT2D eigenvalue weighted by Gasteiger charge is 2.41. The predicted octanol–water partition coefficient (Wildman–Crippen LogP) is 6.01. The number of hydrogen-bond donors (Lipinski definition) is 1. The first-order valence-electron chi connectivity index (χ1n) is 11.2. The molecule has 2 amide bonds. The highest BCUT2D eigenvalue weighted by molar-refractivity contribution is 8.05. The van der Waals surface area contributed by atoms with Crippen LogP contribution in [0.1, 0.15) is 30.9 Å². The van der Waals surface area contributed by atoms with Gasteiger partial charge in [0.05, 0.1) is 5.25 Å². The van der Waals surface area contributed by atoms with Crippen LogP contribution >= 0.6 is 11.8 Å². The maximum absolute atomic E-state index is 14.3. The lowest BCUT2D eigenvalue weighted by Crippen LogP contribution is -2.31. The number of rotatable bonds is 6. The largest absolute Gasteiger partial charge is 0.321 e. The van der Waals surface area contributed by atoms with Crippen molar-refractivity contribution in [3.8, 4) is 6.07 Å². The van der Waals surface area contributed by atoms with Crippen LogP contribution in [0.3, 0.4) is 0 Å². The summed E-state index contributed by atoms with van der Waals surface area (Å²) in [7, 11) is 0. The summed E-state index contributed by atoms with van der Waals surface area (Å²) in [6.07, 6.45) is 0.138. The van der Waals surface area contributed by atoms with Gasteiger partial charge in [-0.25, -0.2) is 4.39 Å². The van der Waals surface area contributed by atoms with Crippen LogP contribution in [0.25, 0.3) is 0 Å². The third-order valence-electron chi connectivity index (χ3n) is 5.72. The Hall–Kier alpha value is -3.89. The topological polar surface area (TPSA) is 73.2 Å². The van der Waals surface area contributed by atoms with Crippen molar-refractivity contribution in [3.63, 3.8) is 0 Å². The van der Waals surface area contributed by atoms with Gasteiger partial charge >= 0.3 is 0 Å². The number of benzene rings is 3. The molecule has 1 unspecified atom stereocenters. The maximum Gasteiger partial charge on any atom is 0.269 e. The summed E-state index contributed by atoms with van der Waals surface area (Å²) in [6, 6.07) is 24.6. The van der Waals surface area contributed by atoms with E-state index in [0.29, 0.717) is 22.9 Å². The molecule has 3 aromatic carbocycles. The second kappa shape index (κ2) is 10.6. The first-order chi connectivity index (χ1) is 16.9. The van der Waals surface area contributed by atoms with E-state index in [2.05, 4.69) is 19.2 Å². The fourth-order valence-electron chi connectivity index (χ4n) is 3.81. The van der Waals surface area contributed by atoms with Gasteiger partial charge in [0.25, 0.3) is 5.91 Å². The van der Waals surface area contributed by atoms with Crippen molar-refractivity contribution < 1.29 is 14.0 Å². The standard InChI is InChI=1S/C28H24FN3O2S/c1-18(2)19-12-14-22(15-13-19)32-27(34)25(16-20-8-6-7-11-24(20)29)35-28(32)23(17-30)26(33)31-21-9-4-3-5-10-21/h3-15,18,25H,16H2,1-2H3,(H,31,33)/b28-23-. The average Bonchev–Trinajstić information content (AvgIpc) is 3.17. The zero-order valence-electron chi connectivity index (χ0n) is 19.4. The number of halogens is 1. The zero-order valence-corrected chi connectivity index (χ0v) is 20.2. The van der Waals surface area contributed by atoms with Crippen molar-refractivity contribution >= 4 is 35.0 Å². The molecule has 1 aliphatic heterocycles. The second-order valence-corrected chi connectivity index (χ2v) is 9.63. The molecule has 0 bridgehead atoms. The Morgan fingerprint density at radius 1 is 1.06 bits per heavy atom. The van der Waals surface area contributed by atoms with Gasteiger partial charge in [-0.2, -0.15) is 5.26 Å². The lowest BCUT2D eigenvalue weighted by atomic mass is 10.0. The number of thioether (sulfide) groups is 1. The highest BCUT2D eigenvalue weighted by Crippen LogP contribution is 2.42. The number of nitriles is 1. The minimum atomic E-state index is -0.681. The number of nitrogens with one attached hydrogen (secondary N) is 1. The smallest absolute Gasteiger partial charge is 0.269 e. The van der Waals surface area contributed by atoms with Gasteiger partial charge in [-0.05, 0) is 53.8 Å². The summed E-state index contributed by atoms with van der Waals surface area (Å²) in [5.74, 6) is -0.994. The van der Waals surface area contributed by atoms with Crippen molar-refractivity contribution in [2.45, 2.75) is 31.4 Å². The van der Waals surface area contributed by atoms with E-state index in [1.807, 2.05) is 36.4 Å². The normalized spacial score (nSPS) is 16.8. The Balaban J connectivity index is 1.74. The van der Waals surface area contributed by atoms with E-state index in [0.717, 1.165) is 17.3 Å². The Morgan fingerprint density at radius 3 is 2.34 bits per heavy atom. The van der Waals surface area contributed by atoms with E-state index in [-0.39, 0.29) is 22.9 Å². The summed E-state index contributed by atoms with van der Waals surface area (Å²) < 4.78 is 14.3. The van der Waals surface area contributed by atoms with E-state index >= 15 is 0 Å². The summed E-state index contributed by atoms with van der Waals surface area (Å²) in [5, 5.41) is 12.2. The van der Waals surface area contributed by atoms with Crippen molar-refractivity contribution in [2.75, 3.05) is 10.2 Å². The molecular formula is C28H24FN3O2S. The zero-order chi connectivity index (χ0) is 24.9. The second-order valence-electron chi connectivity index (χ2n) is 8.43. The lowest BCUT2D eigenvalue weighted by molar-refractivity contribution is -0.117. The third kappa shape index (κ3) is 5.28. The van der Waals surface area contributed by atoms with Crippen LogP contribution < -0.4 is 10.2 Å². The molecule has 7 heteroatoms. The third-order valence-corrected chi connectivity index (χ3v) is 6.98. The summed E-state index contributed by atoms with van der Waals surface area (Å²) >= 11 is 1.11. The van der Waals surface area contributed by atoms with Gasteiger partial charge in [0.1, 0.15) is 22.5 Å². The van der Waals surface area contributed by atoms with Gasteiger partial charge in [0, 0.05) is 11.4 Å². The van der Waals surface area contributed by atoms with Gasteiger partial charge < -0.3 is 5.32 Å². The molecule has 0 radical (unpaired) electrons. The van der Waals surface area contributed by atoms with E-state index in [9.17, 15) is 19.2 Å². The van der Waals surface area contributed by atoms with E-state index < -0.39 is 17.0 Å². The minimum Gasteiger partial charge on any atom is -0.321 e. The van der Waals surface area contributed by atoms with Crippen LogP contribution in [-0.2, 0) is 16.0 Å². The number of anilines is 2. The predicted molar refractivity (Wildman–Crippen MR) is 137 cm³/mol. The average molecular weight is 486 g/mol. The number of nitrogens with zero attached hydrogens (tertiary/aromatic N) is 2. The monoisotopic (exact) mass is 485 g/mol. The molecule has 1 saturated heterocycles. The molecule has 0 aliphatic carbocycles. The molecule has 1 N–H and O–H groups in total. The van der Waals surface area contributed by atoms with E-state index in [4.69, 9.17) is 0 Å². The number of amides is 2. The van der Waals surface area contributed by atoms with Gasteiger partial charge in [0.15, 0.2) is 0 Å². The van der Waals surface area contributed by atoms with Crippen molar-refractivity contribution in [2.24, 2.45) is 0 Å². The van der Waals surface area contributed by atoms with Crippen LogP contribution in [0.4, 0.5) is 15.8 Å². The van der Waals surface area contributed by atoms with Crippen LogP contribution in [-0.4, -0.2) is 17.1 Å². The molecule has 3 aromatic rings. The van der Waals surface area contributed by atoms with Crippen molar-refractivity contribution in [1.82, 2.24) is 0 Å². The van der Waals surface area contributed by atoms with Crippen LogP contribution in [0.15, 0.2) is 89.5 Å². The molecule has 1 fully saturated rings. The van der Waals surface area contributed by atoms with Gasteiger partial charge in [-0.15, -0.1) is 0 Å². The molecule has 1 aliphatic rings. The quantitative estimate of drug-likeness (QED) is 0.343. The summed E-state index contributed by atoms with van der Waals surface area (Å²) in [6.45, 7) is 4.15. The molecule has 0 aromatic heterocycles. The molecule has 0 spiro atoms. The fourth-order valence-corrected chi connectivity index (χ4v) is 5.10. The Kier molecular flexibility index (Phi) is 7.33. The lowest BCUT2D eigenvalue weighted by Gasteiger charge is -2.19. The Labute approximate surface area is 208 Å².